The highest BCUT2D eigenvalue weighted by Crippen LogP contribution is 2.17. The molecule has 0 amide bonds. The van der Waals surface area contributed by atoms with Crippen LogP contribution in [0.4, 0.5) is 4.39 Å². The molecule has 2 N–H and O–H groups in total. The molecule has 1 saturated heterocycles. The van der Waals surface area contributed by atoms with Crippen molar-refractivity contribution in [2.24, 2.45) is 0 Å². The van der Waals surface area contributed by atoms with Crippen molar-refractivity contribution in [1.29, 1.82) is 0 Å². The molecule has 20 heavy (non-hydrogen) atoms. The van der Waals surface area contributed by atoms with Gasteiger partial charge in [0.25, 0.3) is 0 Å². The van der Waals surface area contributed by atoms with Crippen LogP contribution in [0.25, 0.3) is 11.4 Å². The van der Waals surface area contributed by atoms with Gasteiger partial charge < -0.3 is 15.2 Å². The van der Waals surface area contributed by atoms with Gasteiger partial charge in [-0.05, 0) is 44.2 Å². The molecule has 1 aromatic carbocycles. The van der Waals surface area contributed by atoms with Gasteiger partial charge in [-0.1, -0.05) is 5.16 Å². The van der Waals surface area contributed by atoms with Gasteiger partial charge in [0.15, 0.2) is 0 Å². The fourth-order valence-electron chi connectivity index (χ4n) is 2.30. The molecular formula is C14H17FN4O. The summed E-state index contributed by atoms with van der Waals surface area (Å²) in [6.07, 6.45) is 1.08. The Morgan fingerprint density at radius 1 is 1.40 bits per heavy atom. The molecular weight excluding hydrogens is 259 g/mol. The van der Waals surface area contributed by atoms with E-state index in [0.29, 0.717) is 18.3 Å². The van der Waals surface area contributed by atoms with Crippen LogP contribution in [0.1, 0.15) is 19.2 Å². The van der Waals surface area contributed by atoms with Gasteiger partial charge in [-0.25, -0.2) is 4.39 Å². The molecule has 106 valence electrons. The fourth-order valence-corrected chi connectivity index (χ4v) is 2.30. The topological polar surface area (TPSA) is 63.0 Å². The first-order valence-electron chi connectivity index (χ1n) is 6.69. The Morgan fingerprint density at radius 3 is 2.90 bits per heavy atom. The largest absolute Gasteiger partial charge is 0.338 e. The Kier molecular flexibility index (Phi) is 3.50. The highest BCUT2D eigenvalue weighted by Gasteiger charge is 2.28. The van der Waals surface area contributed by atoms with Gasteiger partial charge in [0.05, 0.1) is 6.54 Å². The minimum absolute atomic E-state index is 0.0739. The summed E-state index contributed by atoms with van der Waals surface area (Å²) in [5, 5.41) is 10.7. The van der Waals surface area contributed by atoms with E-state index >= 15 is 0 Å². The van der Waals surface area contributed by atoms with Crippen LogP contribution >= 0.6 is 0 Å². The van der Waals surface area contributed by atoms with Crippen LogP contribution in [0.5, 0.6) is 0 Å². The van der Waals surface area contributed by atoms with Crippen molar-refractivity contribution in [3.63, 3.8) is 0 Å². The molecule has 2 heterocycles. The van der Waals surface area contributed by atoms with Gasteiger partial charge >= 0.3 is 0 Å². The first kappa shape index (κ1) is 13.2. The van der Waals surface area contributed by atoms with E-state index in [4.69, 9.17) is 4.52 Å². The third-order valence-electron chi connectivity index (χ3n) is 3.61. The molecule has 3 rings (SSSR count). The Bertz CT molecular complexity index is 575. The van der Waals surface area contributed by atoms with E-state index in [0.717, 1.165) is 25.1 Å². The lowest BCUT2D eigenvalue weighted by atomic mass is 10.0. The van der Waals surface area contributed by atoms with Gasteiger partial charge in [-0.2, -0.15) is 4.98 Å². The van der Waals surface area contributed by atoms with Crippen LogP contribution < -0.4 is 10.6 Å². The van der Waals surface area contributed by atoms with Crippen LogP contribution in [0.15, 0.2) is 28.8 Å². The molecule has 1 atom stereocenters. The molecule has 1 unspecified atom stereocenters. The van der Waals surface area contributed by atoms with Crippen LogP contribution in [0.3, 0.4) is 0 Å². The van der Waals surface area contributed by atoms with E-state index in [1.807, 2.05) is 0 Å². The summed E-state index contributed by atoms with van der Waals surface area (Å²) in [5.41, 5.74) is 0.819. The van der Waals surface area contributed by atoms with E-state index in [-0.39, 0.29) is 11.4 Å². The maximum atomic E-state index is 12.9. The molecule has 0 radical (unpaired) electrons. The molecule has 1 aliphatic rings. The normalized spacial score (nSPS) is 22.3. The first-order chi connectivity index (χ1) is 9.65. The van der Waals surface area contributed by atoms with Crippen molar-refractivity contribution in [2.45, 2.75) is 25.4 Å². The Morgan fingerprint density at radius 2 is 2.20 bits per heavy atom. The zero-order valence-corrected chi connectivity index (χ0v) is 11.3. The maximum Gasteiger partial charge on any atom is 0.240 e. The predicted molar refractivity (Wildman–Crippen MR) is 72.4 cm³/mol. The van der Waals surface area contributed by atoms with Crippen LogP contribution in [0, 0.1) is 5.82 Å². The fraction of sp³-hybridized carbons (Fsp3) is 0.429. The van der Waals surface area contributed by atoms with E-state index in [1.54, 1.807) is 12.1 Å². The number of hydrogen-bond acceptors (Lipinski definition) is 5. The van der Waals surface area contributed by atoms with E-state index in [2.05, 4.69) is 27.7 Å². The third kappa shape index (κ3) is 2.86. The number of nitrogens with one attached hydrogen (secondary N) is 2. The van der Waals surface area contributed by atoms with Gasteiger partial charge in [-0.3, -0.25) is 0 Å². The Labute approximate surface area is 116 Å². The lowest BCUT2D eigenvalue weighted by Gasteiger charge is -2.23. The summed E-state index contributed by atoms with van der Waals surface area (Å²) in [5.74, 6) is 0.745. The van der Waals surface area contributed by atoms with Gasteiger partial charge in [-0.15, -0.1) is 0 Å². The minimum atomic E-state index is -0.277. The quantitative estimate of drug-likeness (QED) is 0.890. The number of nitrogens with zero attached hydrogens (tertiary/aromatic N) is 2. The number of benzene rings is 1. The lowest BCUT2D eigenvalue weighted by Crippen LogP contribution is -2.43. The molecule has 1 aromatic heterocycles. The zero-order chi connectivity index (χ0) is 14.0. The monoisotopic (exact) mass is 276 g/mol. The van der Waals surface area contributed by atoms with Crippen molar-refractivity contribution in [1.82, 2.24) is 20.8 Å². The highest BCUT2D eigenvalue weighted by molar-refractivity contribution is 5.53. The summed E-state index contributed by atoms with van der Waals surface area (Å²) in [4.78, 5) is 4.32. The second-order valence-electron chi connectivity index (χ2n) is 5.36. The summed E-state index contributed by atoms with van der Waals surface area (Å²) in [6.45, 7) is 4.66. The highest BCUT2D eigenvalue weighted by atomic mass is 19.1. The summed E-state index contributed by atoms with van der Waals surface area (Å²) < 4.78 is 18.1. The van der Waals surface area contributed by atoms with Gasteiger partial charge in [0, 0.05) is 17.6 Å². The number of halogens is 1. The van der Waals surface area contributed by atoms with Crippen molar-refractivity contribution in [3.05, 3.63) is 36.0 Å². The molecule has 0 bridgehead atoms. The van der Waals surface area contributed by atoms with E-state index < -0.39 is 0 Å². The van der Waals surface area contributed by atoms with Crippen LogP contribution in [0.2, 0.25) is 0 Å². The van der Waals surface area contributed by atoms with E-state index in [9.17, 15) is 4.39 Å². The van der Waals surface area contributed by atoms with Crippen molar-refractivity contribution < 1.29 is 8.91 Å². The second kappa shape index (κ2) is 5.30. The molecule has 2 aromatic rings. The molecule has 0 spiro atoms. The maximum absolute atomic E-state index is 12.9. The molecule has 1 aliphatic heterocycles. The average molecular weight is 276 g/mol. The van der Waals surface area contributed by atoms with Gasteiger partial charge in [0.1, 0.15) is 5.82 Å². The third-order valence-corrected chi connectivity index (χ3v) is 3.61. The summed E-state index contributed by atoms with van der Waals surface area (Å²) >= 11 is 0. The SMILES string of the molecule is CC1(NCc2nc(-c3ccc(F)cc3)no2)CCNC1. The molecule has 5 nitrogen and oxygen atoms in total. The molecule has 0 saturated carbocycles. The standard InChI is InChI=1S/C14H17FN4O/c1-14(6-7-16-9-14)17-8-12-18-13(19-20-12)10-2-4-11(15)5-3-10/h2-5,16-17H,6-9H2,1H3. The Balaban J connectivity index is 1.66. The summed E-state index contributed by atoms with van der Waals surface area (Å²) in [6, 6.07) is 6.04. The average Bonchev–Trinajstić information content (AvgIpc) is 3.07. The zero-order valence-electron chi connectivity index (χ0n) is 11.3. The first-order valence-corrected chi connectivity index (χ1v) is 6.69. The van der Waals surface area contributed by atoms with Crippen molar-refractivity contribution >= 4 is 0 Å². The number of rotatable bonds is 4. The Hall–Kier alpha value is -1.79. The van der Waals surface area contributed by atoms with Crippen molar-refractivity contribution in [2.75, 3.05) is 13.1 Å². The van der Waals surface area contributed by atoms with E-state index in [1.165, 1.54) is 12.1 Å². The lowest BCUT2D eigenvalue weighted by molar-refractivity contribution is 0.323. The smallest absolute Gasteiger partial charge is 0.240 e. The van der Waals surface area contributed by atoms with Crippen molar-refractivity contribution in [3.8, 4) is 11.4 Å². The minimum Gasteiger partial charge on any atom is -0.338 e. The number of hydrogen-bond donors (Lipinski definition) is 2. The van der Waals surface area contributed by atoms with Crippen LogP contribution in [-0.4, -0.2) is 28.8 Å². The van der Waals surface area contributed by atoms with Crippen LogP contribution in [-0.2, 0) is 6.54 Å². The second-order valence-corrected chi connectivity index (χ2v) is 5.36. The number of aromatic nitrogens is 2. The summed E-state index contributed by atoms with van der Waals surface area (Å²) in [7, 11) is 0. The van der Waals surface area contributed by atoms with Gasteiger partial charge in [0.2, 0.25) is 11.7 Å². The molecule has 0 aliphatic carbocycles. The predicted octanol–water partition coefficient (Wildman–Crippen LogP) is 1.72. The molecule has 6 heteroatoms. The molecule has 1 fully saturated rings.